The number of nitrogens with one attached hydrogen (secondary N) is 1. The molecule has 2 heterocycles. The van der Waals surface area contributed by atoms with Gasteiger partial charge in [0.25, 0.3) is 0 Å². The molecule has 0 aromatic heterocycles. The Hall–Kier alpha value is -3.79. The molecular formula is C31H33N3O3. The fraction of sp³-hybridized carbons (Fsp3) is 0.323. The van der Waals surface area contributed by atoms with Crippen LogP contribution in [-0.2, 0) is 0 Å². The second-order valence-corrected chi connectivity index (χ2v) is 9.63. The smallest absolute Gasteiger partial charge is 0.321 e. The quantitative estimate of drug-likeness (QED) is 0.521. The fourth-order valence-corrected chi connectivity index (χ4v) is 5.46. The highest BCUT2D eigenvalue weighted by Gasteiger charge is 2.49. The monoisotopic (exact) mass is 495 g/mol. The van der Waals surface area contributed by atoms with Crippen molar-refractivity contribution in [2.75, 3.05) is 38.7 Å². The number of methoxy groups -OCH3 is 1. The Morgan fingerprint density at radius 3 is 2.30 bits per heavy atom. The van der Waals surface area contributed by atoms with Gasteiger partial charge in [0.1, 0.15) is 5.75 Å². The van der Waals surface area contributed by atoms with Gasteiger partial charge in [-0.25, -0.2) is 4.79 Å². The lowest BCUT2D eigenvalue weighted by molar-refractivity contribution is -0.0585. The normalized spacial score (nSPS) is 21.4. The van der Waals surface area contributed by atoms with Crippen molar-refractivity contribution in [3.63, 3.8) is 0 Å². The molecule has 190 valence electrons. The number of aliphatic hydroxyl groups is 1. The van der Waals surface area contributed by atoms with Crippen LogP contribution >= 0.6 is 0 Å². The molecule has 3 atom stereocenters. The lowest BCUT2D eigenvalue weighted by atomic mass is 9.74. The Morgan fingerprint density at radius 2 is 1.62 bits per heavy atom. The standard InChI is InChI=1S/C31H33N3O3/c1-37-27-17-15-26(16-18-27)32-31(36)33-19-5-6-20-34-28(21-33)30(29(34)22-35)25-13-11-24(12-14-25)10-9-23-7-3-2-4-8-23/h2-4,7-8,11-18,28-30,35H,5-6,19-22H2,1H3,(H,32,36)/t28-,29-,30?/m0/s1. The van der Waals surface area contributed by atoms with Crippen LogP contribution in [0.4, 0.5) is 10.5 Å². The summed E-state index contributed by atoms with van der Waals surface area (Å²) < 4.78 is 5.21. The van der Waals surface area contributed by atoms with Crippen molar-refractivity contribution >= 4 is 11.7 Å². The van der Waals surface area contributed by atoms with Gasteiger partial charge in [-0.3, -0.25) is 4.90 Å². The van der Waals surface area contributed by atoms with Gasteiger partial charge in [-0.1, -0.05) is 42.2 Å². The Morgan fingerprint density at radius 1 is 0.946 bits per heavy atom. The summed E-state index contributed by atoms with van der Waals surface area (Å²) >= 11 is 0. The van der Waals surface area contributed by atoms with E-state index >= 15 is 0 Å². The number of aliphatic hydroxyl groups excluding tert-OH is 1. The summed E-state index contributed by atoms with van der Waals surface area (Å²) in [6.45, 7) is 2.39. The van der Waals surface area contributed by atoms with Gasteiger partial charge in [-0.2, -0.15) is 0 Å². The molecule has 6 heteroatoms. The predicted octanol–water partition coefficient (Wildman–Crippen LogP) is 4.55. The van der Waals surface area contributed by atoms with Gasteiger partial charge in [0, 0.05) is 47.9 Å². The van der Waals surface area contributed by atoms with E-state index in [-0.39, 0.29) is 30.6 Å². The van der Waals surface area contributed by atoms with Crippen molar-refractivity contribution in [3.05, 3.63) is 95.6 Å². The first kappa shape index (κ1) is 24.9. The fourth-order valence-electron chi connectivity index (χ4n) is 5.46. The first-order valence-electron chi connectivity index (χ1n) is 12.9. The third-order valence-electron chi connectivity index (χ3n) is 7.42. The first-order valence-corrected chi connectivity index (χ1v) is 12.9. The predicted molar refractivity (Wildman–Crippen MR) is 146 cm³/mol. The minimum atomic E-state index is -0.0928. The Bertz CT molecular complexity index is 1250. The number of benzene rings is 3. The Kier molecular flexibility index (Phi) is 7.74. The van der Waals surface area contributed by atoms with Gasteiger partial charge < -0.3 is 20.1 Å². The van der Waals surface area contributed by atoms with Crippen LogP contribution in [-0.4, -0.2) is 66.4 Å². The van der Waals surface area contributed by atoms with Crippen molar-refractivity contribution in [1.29, 1.82) is 0 Å². The second-order valence-electron chi connectivity index (χ2n) is 9.63. The highest BCUT2D eigenvalue weighted by atomic mass is 16.5. The Labute approximate surface area is 218 Å². The van der Waals surface area contributed by atoms with E-state index in [1.165, 1.54) is 5.56 Å². The molecule has 3 aromatic rings. The molecular weight excluding hydrogens is 462 g/mol. The first-order chi connectivity index (χ1) is 18.2. The average molecular weight is 496 g/mol. The third-order valence-corrected chi connectivity index (χ3v) is 7.42. The summed E-state index contributed by atoms with van der Waals surface area (Å²) in [6.07, 6.45) is 1.94. The molecule has 2 fully saturated rings. The van der Waals surface area contributed by atoms with E-state index in [0.29, 0.717) is 6.54 Å². The summed E-state index contributed by atoms with van der Waals surface area (Å²) in [4.78, 5) is 17.5. The summed E-state index contributed by atoms with van der Waals surface area (Å²) in [5.74, 6) is 7.36. The van der Waals surface area contributed by atoms with Crippen LogP contribution in [0.2, 0.25) is 0 Å². The van der Waals surface area contributed by atoms with Crippen LogP contribution in [0, 0.1) is 11.8 Å². The van der Waals surface area contributed by atoms with Crippen LogP contribution in [0.1, 0.15) is 35.4 Å². The van der Waals surface area contributed by atoms with E-state index in [1.807, 2.05) is 59.5 Å². The molecule has 2 aliphatic rings. The molecule has 6 nitrogen and oxygen atoms in total. The number of hydrogen-bond donors (Lipinski definition) is 2. The maximum Gasteiger partial charge on any atom is 0.321 e. The molecule has 0 bridgehead atoms. The summed E-state index contributed by atoms with van der Waals surface area (Å²) in [5, 5.41) is 13.3. The molecule has 0 radical (unpaired) electrons. The molecule has 37 heavy (non-hydrogen) atoms. The van der Waals surface area contributed by atoms with Crippen LogP contribution in [0.15, 0.2) is 78.9 Å². The van der Waals surface area contributed by atoms with Crippen molar-refractivity contribution in [2.45, 2.75) is 30.8 Å². The largest absolute Gasteiger partial charge is 0.497 e. The number of ether oxygens (including phenoxy) is 1. The molecule has 1 unspecified atom stereocenters. The number of carbonyl (C=O) groups excluding carboxylic acids is 1. The maximum absolute atomic E-state index is 13.2. The van der Waals surface area contributed by atoms with Gasteiger partial charge >= 0.3 is 6.03 Å². The van der Waals surface area contributed by atoms with Gasteiger partial charge in [0.05, 0.1) is 13.7 Å². The summed E-state index contributed by atoms with van der Waals surface area (Å²) in [5.41, 5.74) is 3.88. The molecule has 0 saturated carbocycles. The zero-order valence-electron chi connectivity index (χ0n) is 21.1. The molecule has 0 spiro atoms. The number of carbonyl (C=O) groups is 1. The van der Waals surface area contributed by atoms with Crippen LogP contribution in [0.5, 0.6) is 5.75 Å². The molecule has 2 amide bonds. The Balaban J connectivity index is 1.30. The molecule has 5 rings (SSSR count). The van der Waals surface area contributed by atoms with E-state index in [2.05, 4.69) is 46.3 Å². The lowest BCUT2D eigenvalue weighted by Gasteiger charge is -2.57. The molecule has 2 aliphatic heterocycles. The lowest BCUT2D eigenvalue weighted by Crippen LogP contribution is -2.68. The third kappa shape index (κ3) is 5.64. The van der Waals surface area contributed by atoms with Crippen LogP contribution in [0.25, 0.3) is 0 Å². The number of amides is 2. The maximum atomic E-state index is 13.2. The zero-order valence-corrected chi connectivity index (χ0v) is 21.1. The minimum absolute atomic E-state index is 0.0656. The van der Waals surface area contributed by atoms with Crippen LogP contribution < -0.4 is 10.1 Å². The summed E-state index contributed by atoms with van der Waals surface area (Å²) in [6, 6.07) is 25.8. The molecule has 0 aliphatic carbocycles. The van der Waals surface area contributed by atoms with Gasteiger partial charge in [-0.15, -0.1) is 0 Å². The second kappa shape index (κ2) is 11.5. The minimum Gasteiger partial charge on any atom is -0.497 e. The van der Waals surface area contributed by atoms with E-state index in [9.17, 15) is 9.90 Å². The van der Waals surface area contributed by atoms with E-state index < -0.39 is 0 Å². The number of fused-ring (bicyclic) bond motifs is 1. The number of nitrogens with zero attached hydrogens (tertiary/aromatic N) is 2. The number of urea groups is 1. The topological polar surface area (TPSA) is 65.0 Å². The van der Waals surface area contributed by atoms with Gasteiger partial charge in [0.15, 0.2) is 0 Å². The van der Waals surface area contributed by atoms with Crippen molar-refractivity contribution in [1.82, 2.24) is 9.80 Å². The van der Waals surface area contributed by atoms with E-state index in [4.69, 9.17) is 4.74 Å². The highest BCUT2D eigenvalue weighted by molar-refractivity contribution is 5.89. The van der Waals surface area contributed by atoms with Crippen LogP contribution in [0.3, 0.4) is 0 Å². The number of rotatable bonds is 4. The molecule has 3 aromatic carbocycles. The molecule has 2 N–H and O–H groups in total. The van der Waals surface area contributed by atoms with Crippen molar-refractivity contribution in [2.24, 2.45) is 0 Å². The molecule has 2 saturated heterocycles. The van der Waals surface area contributed by atoms with Gasteiger partial charge in [-0.05, 0) is 73.5 Å². The number of hydrogen-bond acceptors (Lipinski definition) is 4. The highest BCUT2D eigenvalue weighted by Crippen LogP contribution is 2.42. The summed E-state index contributed by atoms with van der Waals surface area (Å²) in [7, 11) is 1.62. The zero-order chi connectivity index (χ0) is 25.6. The number of anilines is 1. The van der Waals surface area contributed by atoms with E-state index in [0.717, 1.165) is 48.5 Å². The van der Waals surface area contributed by atoms with Crippen molar-refractivity contribution in [3.8, 4) is 17.6 Å². The van der Waals surface area contributed by atoms with Gasteiger partial charge in [0.2, 0.25) is 0 Å². The van der Waals surface area contributed by atoms with E-state index in [1.54, 1.807) is 7.11 Å². The SMILES string of the molecule is COc1ccc(NC(=O)N2CCCCN3[C@@H](CO)C(c4ccc(C#Cc5ccccc5)cc4)[C@@H]3C2)cc1. The van der Waals surface area contributed by atoms with Crippen molar-refractivity contribution < 1.29 is 14.6 Å². The average Bonchev–Trinajstić information content (AvgIpc) is 2.92.